The van der Waals surface area contributed by atoms with Crippen LogP contribution in [-0.2, 0) is 6.54 Å². The van der Waals surface area contributed by atoms with E-state index >= 15 is 0 Å². The molecule has 0 aliphatic carbocycles. The maximum Gasteiger partial charge on any atom is 0.203 e. The Balaban J connectivity index is 2.13. The lowest BCUT2D eigenvalue weighted by Gasteiger charge is -2.16. The molecule has 0 saturated heterocycles. The second-order valence-electron chi connectivity index (χ2n) is 4.65. The standard InChI is InChI=1S/C16H21NO4/c1-11(13-6-5-7-21-13)17-10-12-8-14(18-2)16(20-4)15(9-12)19-3/h5-9,11,17H,10H2,1-4H3. The highest BCUT2D eigenvalue weighted by Crippen LogP contribution is 2.38. The average molecular weight is 291 g/mol. The van der Waals surface area contributed by atoms with E-state index in [0.717, 1.165) is 11.3 Å². The molecule has 2 rings (SSSR count). The van der Waals surface area contributed by atoms with Crippen LogP contribution in [-0.4, -0.2) is 21.3 Å². The lowest BCUT2D eigenvalue weighted by Crippen LogP contribution is -2.17. The summed E-state index contributed by atoms with van der Waals surface area (Å²) in [4.78, 5) is 0. The number of hydrogen-bond donors (Lipinski definition) is 1. The van der Waals surface area contributed by atoms with Crippen LogP contribution in [0.1, 0.15) is 24.3 Å². The molecule has 2 aromatic rings. The molecule has 0 aliphatic rings. The third-order valence-electron chi connectivity index (χ3n) is 3.31. The van der Waals surface area contributed by atoms with Gasteiger partial charge in [-0.2, -0.15) is 0 Å². The molecule has 0 bridgehead atoms. The van der Waals surface area contributed by atoms with Gasteiger partial charge in [-0.05, 0) is 36.8 Å². The summed E-state index contributed by atoms with van der Waals surface area (Å²) in [6.45, 7) is 2.72. The van der Waals surface area contributed by atoms with Gasteiger partial charge in [0.15, 0.2) is 11.5 Å². The van der Waals surface area contributed by atoms with Crippen molar-refractivity contribution in [1.82, 2.24) is 5.32 Å². The smallest absolute Gasteiger partial charge is 0.203 e. The van der Waals surface area contributed by atoms with E-state index in [1.807, 2.05) is 24.3 Å². The van der Waals surface area contributed by atoms with Crippen LogP contribution >= 0.6 is 0 Å². The van der Waals surface area contributed by atoms with Crippen molar-refractivity contribution in [3.63, 3.8) is 0 Å². The maximum atomic E-state index is 5.38. The van der Waals surface area contributed by atoms with Crippen molar-refractivity contribution in [3.05, 3.63) is 41.9 Å². The first kappa shape index (κ1) is 15.3. The van der Waals surface area contributed by atoms with Crippen LogP contribution in [0.4, 0.5) is 0 Å². The van der Waals surface area contributed by atoms with E-state index in [9.17, 15) is 0 Å². The fourth-order valence-electron chi connectivity index (χ4n) is 2.15. The van der Waals surface area contributed by atoms with Gasteiger partial charge in [-0.15, -0.1) is 0 Å². The summed E-state index contributed by atoms with van der Waals surface area (Å²) in [5, 5.41) is 3.40. The number of ether oxygens (including phenoxy) is 3. The Morgan fingerprint density at radius 2 is 1.76 bits per heavy atom. The zero-order chi connectivity index (χ0) is 15.2. The number of nitrogens with one attached hydrogen (secondary N) is 1. The summed E-state index contributed by atoms with van der Waals surface area (Å²) in [7, 11) is 4.82. The van der Waals surface area contributed by atoms with Gasteiger partial charge in [0.1, 0.15) is 5.76 Å². The fourth-order valence-corrected chi connectivity index (χ4v) is 2.15. The Kier molecular flexibility index (Phi) is 5.11. The molecule has 1 N–H and O–H groups in total. The molecule has 1 heterocycles. The molecule has 5 heteroatoms. The lowest BCUT2D eigenvalue weighted by atomic mass is 10.1. The second kappa shape index (κ2) is 7.04. The highest BCUT2D eigenvalue weighted by molar-refractivity contribution is 5.53. The van der Waals surface area contributed by atoms with E-state index in [-0.39, 0.29) is 6.04 Å². The molecule has 0 radical (unpaired) electrons. The molecule has 5 nitrogen and oxygen atoms in total. The summed E-state index contributed by atoms with van der Waals surface area (Å²) in [5.74, 6) is 2.81. The molecule has 0 aliphatic heterocycles. The van der Waals surface area contributed by atoms with Crippen molar-refractivity contribution in [3.8, 4) is 17.2 Å². The molecule has 0 amide bonds. The van der Waals surface area contributed by atoms with Crippen LogP contribution in [0.5, 0.6) is 17.2 Å². The molecule has 1 aromatic carbocycles. The van der Waals surface area contributed by atoms with Crippen LogP contribution in [0.2, 0.25) is 0 Å². The Morgan fingerprint density at radius 1 is 1.10 bits per heavy atom. The first-order valence-electron chi connectivity index (χ1n) is 6.75. The molecule has 1 aromatic heterocycles. The predicted molar refractivity (Wildman–Crippen MR) is 80.1 cm³/mol. The minimum absolute atomic E-state index is 0.124. The van der Waals surface area contributed by atoms with Crippen molar-refractivity contribution in [2.75, 3.05) is 21.3 Å². The Morgan fingerprint density at radius 3 is 2.24 bits per heavy atom. The van der Waals surface area contributed by atoms with Gasteiger partial charge in [-0.1, -0.05) is 0 Å². The predicted octanol–water partition coefficient (Wildman–Crippen LogP) is 3.16. The van der Waals surface area contributed by atoms with Gasteiger partial charge in [-0.3, -0.25) is 0 Å². The van der Waals surface area contributed by atoms with E-state index in [2.05, 4.69) is 12.2 Å². The van der Waals surface area contributed by atoms with E-state index in [1.165, 1.54) is 0 Å². The second-order valence-corrected chi connectivity index (χ2v) is 4.65. The van der Waals surface area contributed by atoms with E-state index in [0.29, 0.717) is 23.8 Å². The number of methoxy groups -OCH3 is 3. The minimum Gasteiger partial charge on any atom is -0.493 e. The average Bonchev–Trinajstić information content (AvgIpc) is 3.05. The molecule has 0 saturated carbocycles. The number of hydrogen-bond acceptors (Lipinski definition) is 5. The molecule has 21 heavy (non-hydrogen) atoms. The molecular weight excluding hydrogens is 270 g/mol. The van der Waals surface area contributed by atoms with Crippen molar-refractivity contribution in [2.24, 2.45) is 0 Å². The summed E-state index contributed by atoms with van der Waals surface area (Å²) in [5.41, 5.74) is 1.04. The van der Waals surface area contributed by atoms with Crippen LogP contribution < -0.4 is 19.5 Å². The van der Waals surface area contributed by atoms with Crippen LogP contribution in [0.25, 0.3) is 0 Å². The van der Waals surface area contributed by atoms with Gasteiger partial charge in [0.2, 0.25) is 5.75 Å². The van der Waals surface area contributed by atoms with E-state index in [1.54, 1.807) is 27.6 Å². The monoisotopic (exact) mass is 291 g/mol. The number of furan rings is 1. The quantitative estimate of drug-likeness (QED) is 0.849. The third-order valence-corrected chi connectivity index (χ3v) is 3.31. The third kappa shape index (κ3) is 3.49. The molecule has 0 spiro atoms. The largest absolute Gasteiger partial charge is 0.493 e. The first-order valence-corrected chi connectivity index (χ1v) is 6.75. The van der Waals surface area contributed by atoms with Gasteiger partial charge < -0.3 is 23.9 Å². The highest BCUT2D eigenvalue weighted by atomic mass is 16.5. The van der Waals surface area contributed by atoms with Gasteiger partial charge in [0, 0.05) is 6.54 Å². The molecule has 1 atom stereocenters. The summed E-state index contributed by atoms with van der Waals surface area (Å²) >= 11 is 0. The zero-order valence-electron chi connectivity index (χ0n) is 12.8. The summed E-state index contributed by atoms with van der Waals surface area (Å²) in [6, 6.07) is 7.82. The first-order chi connectivity index (χ1) is 10.2. The highest BCUT2D eigenvalue weighted by Gasteiger charge is 2.14. The molecular formula is C16H21NO4. The van der Waals surface area contributed by atoms with Crippen LogP contribution in [0.15, 0.2) is 34.9 Å². The molecule has 114 valence electrons. The Bertz CT molecular complexity index is 541. The normalized spacial score (nSPS) is 12.0. The van der Waals surface area contributed by atoms with Gasteiger partial charge >= 0.3 is 0 Å². The van der Waals surface area contributed by atoms with E-state index < -0.39 is 0 Å². The van der Waals surface area contributed by atoms with Crippen molar-refractivity contribution in [2.45, 2.75) is 19.5 Å². The Hall–Kier alpha value is -2.14. The summed E-state index contributed by atoms with van der Waals surface area (Å²) < 4.78 is 21.4. The SMILES string of the molecule is COc1cc(CNC(C)c2ccco2)cc(OC)c1OC. The fraction of sp³-hybridized carbons (Fsp3) is 0.375. The Labute approximate surface area is 124 Å². The van der Waals surface area contributed by atoms with Crippen molar-refractivity contribution in [1.29, 1.82) is 0 Å². The molecule has 1 unspecified atom stereocenters. The van der Waals surface area contributed by atoms with Gasteiger partial charge in [0.05, 0.1) is 33.6 Å². The van der Waals surface area contributed by atoms with Crippen LogP contribution in [0, 0.1) is 0 Å². The van der Waals surface area contributed by atoms with Crippen molar-refractivity contribution >= 4 is 0 Å². The van der Waals surface area contributed by atoms with Crippen molar-refractivity contribution < 1.29 is 18.6 Å². The van der Waals surface area contributed by atoms with Crippen LogP contribution in [0.3, 0.4) is 0 Å². The number of rotatable bonds is 7. The zero-order valence-corrected chi connectivity index (χ0v) is 12.8. The van der Waals surface area contributed by atoms with E-state index in [4.69, 9.17) is 18.6 Å². The lowest BCUT2D eigenvalue weighted by molar-refractivity contribution is 0.323. The van der Waals surface area contributed by atoms with Gasteiger partial charge in [-0.25, -0.2) is 0 Å². The topological polar surface area (TPSA) is 52.9 Å². The maximum absolute atomic E-state index is 5.38. The minimum atomic E-state index is 0.124. The number of benzene rings is 1. The molecule has 0 fully saturated rings. The summed E-state index contributed by atoms with van der Waals surface area (Å²) in [6.07, 6.45) is 1.67. The van der Waals surface area contributed by atoms with Gasteiger partial charge in [0.25, 0.3) is 0 Å².